The molecule has 1 saturated carbocycles. The molecule has 1 N–H and O–H groups in total. The van der Waals surface area contributed by atoms with Gasteiger partial charge in [-0.3, -0.25) is 9.69 Å². The first-order valence-electron chi connectivity index (χ1n) is 9.45. The van der Waals surface area contributed by atoms with Crippen LogP contribution in [-0.4, -0.2) is 55.0 Å². The Hall–Kier alpha value is -1.39. The van der Waals surface area contributed by atoms with Crippen molar-refractivity contribution in [3.05, 3.63) is 35.4 Å². The predicted octanol–water partition coefficient (Wildman–Crippen LogP) is 2.73. The maximum atomic E-state index is 13.3. The van der Waals surface area contributed by atoms with Crippen molar-refractivity contribution in [1.29, 1.82) is 0 Å². The first kappa shape index (κ1) is 17.4. The number of nitrogens with one attached hydrogen (secondary N) is 1. The highest BCUT2D eigenvalue weighted by Crippen LogP contribution is 2.30. The fourth-order valence-corrected chi connectivity index (χ4v) is 4.06. The quantitative estimate of drug-likeness (QED) is 0.922. The second-order valence-corrected chi connectivity index (χ2v) is 7.35. The van der Waals surface area contributed by atoms with E-state index in [0.717, 1.165) is 31.7 Å². The summed E-state index contributed by atoms with van der Waals surface area (Å²) in [6.45, 7) is 5.54. The third kappa shape index (κ3) is 3.98. The zero-order valence-corrected chi connectivity index (χ0v) is 15.1. The molecule has 1 saturated heterocycles. The van der Waals surface area contributed by atoms with Crippen molar-refractivity contribution in [1.82, 2.24) is 15.1 Å². The zero-order valence-electron chi connectivity index (χ0n) is 15.1. The van der Waals surface area contributed by atoms with Crippen molar-refractivity contribution >= 4 is 5.91 Å². The lowest BCUT2D eigenvalue weighted by molar-refractivity contribution is -0.138. The van der Waals surface area contributed by atoms with Gasteiger partial charge in [0.15, 0.2) is 0 Å². The van der Waals surface area contributed by atoms with Crippen LogP contribution in [0, 0.1) is 6.92 Å². The van der Waals surface area contributed by atoms with Crippen molar-refractivity contribution in [3.8, 4) is 0 Å². The summed E-state index contributed by atoms with van der Waals surface area (Å²) in [5.74, 6) is 0.272. The number of hydrogen-bond acceptors (Lipinski definition) is 3. The van der Waals surface area contributed by atoms with Crippen LogP contribution in [0.2, 0.25) is 0 Å². The van der Waals surface area contributed by atoms with Crippen molar-refractivity contribution in [3.63, 3.8) is 0 Å². The molecule has 1 aliphatic heterocycles. The minimum Gasteiger partial charge on any atom is -0.338 e. The fourth-order valence-electron chi connectivity index (χ4n) is 4.06. The first-order valence-corrected chi connectivity index (χ1v) is 9.45. The van der Waals surface area contributed by atoms with Gasteiger partial charge in [-0.1, -0.05) is 49.1 Å². The number of carbonyl (C=O) groups excluding carboxylic acids is 1. The number of carbonyl (C=O) groups is 1. The van der Waals surface area contributed by atoms with E-state index in [2.05, 4.69) is 48.5 Å². The van der Waals surface area contributed by atoms with Gasteiger partial charge in [0.2, 0.25) is 5.91 Å². The van der Waals surface area contributed by atoms with E-state index in [9.17, 15) is 4.79 Å². The Balaban J connectivity index is 1.84. The molecule has 2 fully saturated rings. The van der Waals surface area contributed by atoms with Gasteiger partial charge in [0.25, 0.3) is 0 Å². The van der Waals surface area contributed by atoms with E-state index in [1.54, 1.807) is 0 Å². The van der Waals surface area contributed by atoms with E-state index >= 15 is 0 Å². The highest BCUT2D eigenvalue weighted by atomic mass is 16.2. The molecule has 1 amide bonds. The predicted molar refractivity (Wildman–Crippen MR) is 98.0 cm³/mol. The van der Waals surface area contributed by atoms with Crippen LogP contribution in [0.3, 0.4) is 0 Å². The van der Waals surface area contributed by atoms with Crippen LogP contribution in [0.4, 0.5) is 0 Å². The van der Waals surface area contributed by atoms with Gasteiger partial charge < -0.3 is 10.2 Å². The second kappa shape index (κ2) is 8.13. The van der Waals surface area contributed by atoms with E-state index in [-0.39, 0.29) is 11.9 Å². The number of amides is 1. The maximum absolute atomic E-state index is 13.3. The highest BCUT2D eigenvalue weighted by molar-refractivity contribution is 5.83. The third-order valence-corrected chi connectivity index (χ3v) is 5.61. The SMILES string of the molecule is Cc1ccc(C(C(=O)N2CCNCC2)N(C)C2CCCCC2)cc1. The summed E-state index contributed by atoms with van der Waals surface area (Å²) in [6.07, 6.45) is 6.35. The molecule has 1 heterocycles. The van der Waals surface area contributed by atoms with Crippen LogP contribution >= 0.6 is 0 Å². The van der Waals surface area contributed by atoms with Crippen LogP contribution in [0.15, 0.2) is 24.3 Å². The molecular weight excluding hydrogens is 298 g/mol. The summed E-state index contributed by atoms with van der Waals surface area (Å²) in [5.41, 5.74) is 2.38. The Morgan fingerprint density at radius 2 is 1.75 bits per heavy atom. The Labute approximate surface area is 146 Å². The van der Waals surface area contributed by atoms with E-state index in [1.807, 2.05) is 4.90 Å². The van der Waals surface area contributed by atoms with E-state index < -0.39 is 0 Å². The normalized spacial score (nSPS) is 21.0. The Morgan fingerprint density at radius 1 is 1.12 bits per heavy atom. The summed E-state index contributed by atoms with van der Waals surface area (Å²) in [5, 5.41) is 3.34. The molecule has 24 heavy (non-hydrogen) atoms. The standard InChI is InChI=1S/C20H31N3O/c1-16-8-10-17(11-9-16)19(20(24)23-14-12-21-13-15-23)22(2)18-6-4-3-5-7-18/h8-11,18-19,21H,3-7,12-15H2,1-2H3. The number of rotatable bonds is 4. The van der Waals surface area contributed by atoms with Gasteiger partial charge in [-0.25, -0.2) is 0 Å². The summed E-state index contributed by atoms with van der Waals surface area (Å²) in [7, 11) is 2.15. The Morgan fingerprint density at radius 3 is 2.38 bits per heavy atom. The average molecular weight is 329 g/mol. The minimum atomic E-state index is -0.146. The van der Waals surface area contributed by atoms with Crippen LogP contribution < -0.4 is 5.32 Å². The van der Waals surface area contributed by atoms with Crippen LogP contribution in [0.1, 0.15) is 49.3 Å². The lowest BCUT2D eigenvalue weighted by Crippen LogP contribution is -2.51. The molecule has 1 aromatic rings. The lowest BCUT2D eigenvalue weighted by Gasteiger charge is -2.39. The Kier molecular flexibility index (Phi) is 5.90. The third-order valence-electron chi connectivity index (χ3n) is 5.61. The van der Waals surface area contributed by atoms with Gasteiger partial charge in [0, 0.05) is 32.2 Å². The first-order chi connectivity index (χ1) is 11.7. The molecule has 4 heteroatoms. The molecule has 1 atom stereocenters. The monoisotopic (exact) mass is 329 g/mol. The molecule has 132 valence electrons. The van der Waals surface area contributed by atoms with Gasteiger partial charge in [0.1, 0.15) is 6.04 Å². The summed E-state index contributed by atoms with van der Waals surface area (Å²) in [6, 6.07) is 8.91. The molecule has 0 aromatic heterocycles. The van der Waals surface area contributed by atoms with E-state index in [0.29, 0.717) is 6.04 Å². The largest absolute Gasteiger partial charge is 0.338 e. The van der Waals surface area contributed by atoms with Crippen LogP contribution in [0.5, 0.6) is 0 Å². The molecule has 1 aromatic carbocycles. The van der Waals surface area contributed by atoms with Crippen molar-refractivity contribution in [2.75, 3.05) is 33.2 Å². The number of hydrogen-bond donors (Lipinski definition) is 1. The number of likely N-dealkylation sites (N-methyl/N-ethyl adjacent to an activating group) is 1. The number of aryl methyl sites for hydroxylation is 1. The van der Waals surface area contributed by atoms with E-state index in [1.165, 1.54) is 37.7 Å². The van der Waals surface area contributed by atoms with E-state index in [4.69, 9.17) is 0 Å². The second-order valence-electron chi connectivity index (χ2n) is 7.35. The minimum absolute atomic E-state index is 0.146. The summed E-state index contributed by atoms with van der Waals surface area (Å²) >= 11 is 0. The van der Waals surface area contributed by atoms with Crippen LogP contribution in [0.25, 0.3) is 0 Å². The van der Waals surface area contributed by atoms with Crippen molar-refractivity contribution in [2.24, 2.45) is 0 Å². The zero-order chi connectivity index (χ0) is 16.9. The molecule has 0 bridgehead atoms. The molecule has 1 aliphatic carbocycles. The molecule has 0 spiro atoms. The molecule has 1 unspecified atom stereocenters. The van der Waals surface area contributed by atoms with Crippen LogP contribution in [-0.2, 0) is 4.79 Å². The topological polar surface area (TPSA) is 35.6 Å². The van der Waals surface area contributed by atoms with Crippen molar-refractivity contribution in [2.45, 2.75) is 51.1 Å². The summed E-state index contributed by atoms with van der Waals surface area (Å²) < 4.78 is 0. The number of piperazine rings is 1. The smallest absolute Gasteiger partial charge is 0.244 e. The summed E-state index contributed by atoms with van der Waals surface area (Å²) in [4.78, 5) is 17.7. The maximum Gasteiger partial charge on any atom is 0.244 e. The number of nitrogens with zero attached hydrogens (tertiary/aromatic N) is 2. The molecular formula is C20H31N3O. The van der Waals surface area contributed by atoms with Gasteiger partial charge in [-0.2, -0.15) is 0 Å². The Bertz CT molecular complexity index is 530. The van der Waals surface area contributed by atoms with Gasteiger partial charge in [-0.05, 0) is 32.4 Å². The molecule has 4 nitrogen and oxygen atoms in total. The lowest BCUT2D eigenvalue weighted by atomic mass is 9.92. The number of benzene rings is 1. The molecule has 2 aliphatic rings. The van der Waals surface area contributed by atoms with Gasteiger partial charge >= 0.3 is 0 Å². The van der Waals surface area contributed by atoms with Gasteiger partial charge in [0.05, 0.1) is 0 Å². The van der Waals surface area contributed by atoms with Crippen molar-refractivity contribution < 1.29 is 4.79 Å². The molecule has 3 rings (SSSR count). The van der Waals surface area contributed by atoms with Gasteiger partial charge in [-0.15, -0.1) is 0 Å². The fraction of sp³-hybridized carbons (Fsp3) is 0.650. The highest BCUT2D eigenvalue weighted by Gasteiger charge is 2.33. The molecule has 0 radical (unpaired) electrons. The average Bonchev–Trinajstić information content (AvgIpc) is 2.64.